The molecule has 3 N–H and O–H groups in total. The first-order valence-corrected chi connectivity index (χ1v) is 9.05. The van der Waals surface area contributed by atoms with E-state index in [1.807, 2.05) is 13.0 Å². The maximum Gasteiger partial charge on any atom is 0.317 e. The number of likely N-dealkylation sites (N-methyl/N-ethyl adjacent to an activating group) is 1. The third-order valence-electron chi connectivity index (χ3n) is 4.32. The Kier molecular flexibility index (Phi) is 7.48. The van der Waals surface area contributed by atoms with E-state index in [1.165, 1.54) is 17.2 Å². The van der Waals surface area contributed by atoms with Crippen LogP contribution >= 0.6 is 0 Å². The molecule has 2 amide bonds. The molecule has 0 radical (unpaired) electrons. The van der Waals surface area contributed by atoms with Crippen molar-refractivity contribution in [2.24, 2.45) is 0 Å². The number of hydrogen-bond donors (Lipinski definition) is 3. The number of hydrogen-bond acceptors (Lipinski definition) is 3. The predicted molar refractivity (Wildman–Crippen MR) is 103 cm³/mol. The van der Waals surface area contributed by atoms with Gasteiger partial charge in [0.25, 0.3) is 0 Å². The molecule has 0 aliphatic rings. The van der Waals surface area contributed by atoms with Crippen molar-refractivity contribution < 1.29 is 15.0 Å². The van der Waals surface area contributed by atoms with Gasteiger partial charge in [-0.05, 0) is 49.9 Å². The highest BCUT2D eigenvalue weighted by Crippen LogP contribution is 2.19. The van der Waals surface area contributed by atoms with Gasteiger partial charge in [-0.1, -0.05) is 42.0 Å². The second-order valence-electron chi connectivity index (χ2n) is 6.47. The molecule has 0 fully saturated rings. The molecule has 140 valence electrons. The van der Waals surface area contributed by atoms with Crippen LogP contribution in [0.15, 0.2) is 48.5 Å². The molecule has 1 unspecified atom stereocenters. The van der Waals surface area contributed by atoms with Crippen LogP contribution in [0.3, 0.4) is 0 Å². The smallest absolute Gasteiger partial charge is 0.317 e. The van der Waals surface area contributed by atoms with Gasteiger partial charge in [0.2, 0.25) is 0 Å². The molecule has 5 heteroatoms. The second kappa shape index (κ2) is 9.82. The van der Waals surface area contributed by atoms with Gasteiger partial charge in [-0.25, -0.2) is 4.79 Å². The standard InChI is InChI=1S/C21H28N2O3/c1-3-23(15-20(25)18-10-5-11-19(24)14-18)21(26)22-12-6-9-17-8-4-7-16(2)13-17/h4-5,7-8,10-11,13-14,20,24-25H,3,6,9,12,15H2,1-2H3,(H,22,26). The van der Waals surface area contributed by atoms with Crippen LogP contribution in [0, 0.1) is 6.92 Å². The van der Waals surface area contributed by atoms with Crippen LogP contribution in [0.25, 0.3) is 0 Å². The predicted octanol–water partition coefficient (Wildman–Crippen LogP) is 3.40. The fourth-order valence-electron chi connectivity index (χ4n) is 2.87. The highest BCUT2D eigenvalue weighted by molar-refractivity contribution is 5.74. The SMILES string of the molecule is CCN(CC(O)c1cccc(O)c1)C(=O)NCCCc1cccc(C)c1. The molecule has 26 heavy (non-hydrogen) atoms. The Morgan fingerprint density at radius 2 is 1.96 bits per heavy atom. The maximum absolute atomic E-state index is 12.3. The molecule has 0 saturated heterocycles. The highest BCUT2D eigenvalue weighted by atomic mass is 16.3. The zero-order chi connectivity index (χ0) is 18.9. The van der Waals surface area contributed by atoms with Gasteiger partial charge in [0.1, 0.15) is 5.75 Å². The number of rotatable bonds is 8. The summed E-state index contributed by atoms with van der Waals surface area (Å²) in [4.78, 5) is 13.9. The van der Waals surface area contributed by atoms with Gasteiger partial charge in [-0.2, -0.15) is 0 Å². The molecule has 0 spiro atoms. The normalized spacial score (nSPS) is 11.8. The second-order valence-corrected chi connectivity index (χ2v) is 6.47. The zero-order valence-electron chi connectivity index (χ0n) is 15.5. The average molecular weight is 356 g/mol. The fraction of sp³-hybridized carbons (Fsp3) is 0.381. The van der Waals surface area contributed by atoms with Crippen LogP contribution in [0.5, 0.6) is 5.75 Å². The number of amides is 2. The molecule has 0 saturated carbocycles. The summed E-state index contributed by atoms with van der Waals surface area (Å²) in [5.41, 5.74) is 3.10. The number of aromatic hydroxyl groups is 1. The summed E-state index contributed by atoms with van der Waals surface area (Å²) < 4.78 is 0. The van der Waals surface area contributed by atoms with E-state index in [0.717, 1.165) is 12.8 Å². The number of aliphatic hydroxyl groups excluding tert-OH is 1. The van der Waals surface area contributed by atoms with Gasteiger partial charge in [0.15, 0.2) is 0 Å². The minimum absolute atomic E-state index is 0.102. The minimum atomic E-state index is -0.833. The van der Waals surface area contributed by atoms with Crippen molar-refractivity contribution >= 4 is 6.03 Å². The Morgan fingerprint density at radius 3 is 2.65 bits per heavy atom. The first-order valence-electron chi connectivity index (χ1n) is 9.05. The molecular formula is C21H28N2O3. The Labute approximate surface area is 155 Å². The van der Waals surface area contributed by atoms with Crippen LogP contribution < -0.4 is 5.32 Å². The summed E-state index contributed by atoms with van der Waals surface area (Å²) in [7, 11) is 0. The molecule has 1 atom stereocenters. The number of carbonyl (C=O) groups excluding carboxylic acids is 1. The van der Waals surface area contributed by atoms with Gasteiger partial charge >= 0.3 is 6.03 Å². The lowest BCUT2D eigenvalue weighted by atomic mass is 10.1. The quantitative estimate of drug-likeness (QED) is 0.635. The van der Waals surface area contributed by atoms with E-state index in [-0.39, 0.29) is 18.3 Å². The van der Waals surface area contributed by atoms with Gasteiger partial charge in [0, 0.05) is 13.1 Å². The average Bonchev–Trinajstić information content (AvgIpc) is 2.63. The molecule has 0 aromatic heterocycles. The molecule has 0 aliphatic carbocycles. The molecule has 2 rings (SSSR count). The van der Waals surface area contributed by atoms with Gasteiger partial charge in [0.05, 0.1) is 12.6 Å². The van der Waals surface area contributed by atoms with E-state index in [4.69, 9.17) is 0 Å². The van der Waals surface area contributed by atoms with Crippen molar-refractivity contribution in [2.75, 3.05) is 19.6 Å². The van der Waals surface area contributed by atoms with Crippen molar-refractivity contribution in [3.8, 4) is 5.75 Å². The van der Waals surface area contributed by atoms with Crippen molar-refractivity contribution in [2.45, 2.75) is 32.8 Å². The fourth-order valence-corrected chi connectivity index (χ4v) is 2.87. The van der Waals surface area contributed by atoms with Crippen LogP contribution in [0.2, 0.25) is 0 Å². The lowest BCUT2D eigenvalue weighted by Crippen LogP contribution is -2.42. The number of carbonyl (C=O) groups is 1. The molecule has 0 heterocycles. The van der Waals surface area contributed by atoms with Crippen molar-refractivity contribution in [1.82, 2.24) is 10.2 Å². The van der Waals surface area contributed by atoms with E-state index in [2.05, 4.69) is 30.4 Å². The Morgan fingerprint density at radius 1 is 1.19 bits per heavy atom. The first kappa shape index (κ1) is 19.8. The van der Waals surface area contributed by atoms with Crippen LogP contribution in [0.1, 0.15) is 36.1 Å². The van der Waals surface area contributed by atoms with Crippen LogP contribution in [0.4, 0.5) is 4.79 Å². The number of phenolic OH excluding ortho intramolecular Hbond substituents is 1. The maximum atomic E-state index is 12.3. The number of urea groups is 1. The number of nitrogens with zero attached hydrogens (tertiary/aromatic N) is 1. The van der Waals surface area contributed by atoms with Crippen molar-refractivity contribution in [3.63, 3.8) is 0 Å². The van der Waals surface area contributed by atoms with Gasteiger partial charge in [-0.15, -0.1) is 0 Å². The number of aryl methyl sites for hydroxylation is 2. The van der Waals surface area contributed by atoms with Crippen LogP contribution in [-0.4, -0.2) is 40.8 Å². The number of phenols is 1. The lowest BCUT2D eigenvalue weighted by Gasteiger charge is -2.24. The molecule has 5 nitrogen and oxygen atoms in total. The number of nitrogens with one attached hydrogen (secondary N) is 1. The summed E-state index contributed by atoms with van der Waals surface area (Å²) in [6.45, 7) is 5.22. The summed E-state index contributed by atoms with van der Waals surface area (Å²) in [6.07, 6.45) is 0.946. The largest absolute Gasteiger partial charge is 0.508 e. The summed E-state index contributed by atoms with van der Waals surface area (Å²) in [6, 6.07) is 14.7. The minimum Gasteiger partial charge on any atom is -0.508 e. The topological polar surface area (TPSA) is 72.8 Å². The van der Waals surface area contributed by atoms with Gasteiger partial charge < -0.3 is 20.4 Å². The summed E-state index contributed by atoms with van der Waals surface area (Å²) >= 11 is 0. The third-order valence-corrected chi connectivity index (χ3v) is 4.32. The number of aliphatic hydroxyl groups is 1. The first-order chi connectivity index (χ1) is 12.5. The monoisotopic (exact) mass is 356 g/mol. The Bertz CT molecular complexity index is 718. The molecule has 2 aromatic rings. The third kappa shape index (κ3) is 6.08. The van der Waals surface area contributed by atoms with Crippen molar-refractivity contribution in [3.05, 3.63) is 65.2 Å². The van der Waals surface area contributed by atoms with Gasteiger partial charge in [-0.3, -0.25) is 0 Å². The summed E-state index contributed by atoms with van der Waals surface area (Å²) in [5, 5.41) is 22.7. The van der Waals surface area contributed by atoms with Crippen LogP contribution in [-0.2, 0) is 6.42 Å². The molecule has 2 aromatic carbocycles. The lowest BCUT2D eigenvalue weighted by molar-refractivity contribution is 0.123. The van der Waals surface area contributed by atoms with E-state index in [9.17, 15) is 15.0 Å². The Hall–Kier alpha value is -2.53. The summed E-state index contributed by atoms with van der Waals surface area (Å²) in [5.74, 6) is 0.102. The zero-order valence-corrected chi connectivity index (χ0v) is 15.5. The molecule has 0 aliphatic heterocycles. The molecule has 0 bridgehead atoms. The van der Waals surface area contributed by atoms with Crippen molar-refractivity contribution in [1.29, 1.82) is 0 Å². The van der Waals surface area contributed by atoms with E-state index < -0.39 is 6.10 Å². The van der Waals surface area contributed by atoms with E-state index in [0.29, 0.717) is 18.7 Å². The Balaban J connectivity index is 1.78. The number of benzene rings is 2. The van der Waals surface area contributed by atoms with E-state index >= 15 is 0 Å². The van der Waals surface area contributed by atoms with E-state index in [1.54, 1.807) is 23.1 Å². The highest BCUT2D eigenvalue weighted by Gasteiger charge is 2.17. The molecular weight excluding hydrogens is 328 g/mol.